The minimum atomic E-state index is -1.04. The highest BCUT2D eigenvalue weighted by atomic mass is 19.1. The van der Waals surface area contributed by atoms with Gasteiger partial charge in [-0.05, 0) is 23.3 Å². The van der Waals surface area contributed by atoms with Gasteiger partial charge >= 0.3 is 0 Å². The fraction of sp³-hybridized carbons (Fsp3) is 0.0476. The lowest BCUT2D eigenvalue weighted by molar-refractivity contribution is -0.385. The van der Waals surface area contributed by atoms with Crippen LogP contribution in [-0.2, 0) is 4.79 Å². The van der Waals surface area contributed by atoms with Crippen molar-refractivity contribution in [2.45, 2.75) is 6.04 Å². The van der Waals surface area contributed by atoms with Gasteiger partial charge in [0, 0.05) is 17.8 Å². The number of benzene rings is 3. The third-order valence-corrected chi connectivity index (χ3v) is 4.13. The van der Waals surface area contributed by atoms with Crippen LogP contribution in [0.4, 0.5) is 15.8 Å². The number of nitro benzene ring substituents is 1. The Kier molecular flexibility index (Phi) is 6.33. The molecule has 3 rings (SSSR count). The second-order valence-corrected chi connectivity index (χ2v) is 6.21. The normalized spacial score (nSPS) is 11.8. The summed E-state index contributed by atoms with van der Waals surface area (Å²) in [5.41, 5.74) is 3.09. The van der Waals surface area contributed by atoms with Crippen LogP contribution in [0, 0.1) is 15.9 Å². The number of nitrogens with one attached hydrogen (secondary N) is 2. The third-order valence-electron chi connectivity index (χ3n) is 4.13. The number of halogens is 1. The quantitative estimate of drug-likeness (QED) is 0.354. The minimum Gasteiger partial charge on any atom is -0.871 e. The Balaban J connectivity index is 1.82. The first-order valence-electron chi connectivity index (χ1n) is 8.79. The molecule has 0 heterocycles. The van der Waals surface area contributed by atoms with Crippen LogP contribution >= 0.6 is 0 Å². The average Bonchev–Trinajstić information content (AvgIpc) is 2.75. The number of hydrazone groups is 1. The van der Waals surface area contributed by atoms with Gasteiger partial charge in [0.05, 0.1) is 11.1 Å². The molecule has 1 atom stereocenters. The van der Waals surface area contributed by atoms with E-state index in [1.54, 1.807) is 30.3 Å². The van der Waals surface area contributed by atoms with Crippen LogP contribution < -0.4 is 15.8 Å². The van der Waals surface area contributed by atoms with Crippen molar-refractivity contribution in [2.24, 2.45) is 5.10 Å². The van der Waals surface area contributed by atoms with Gasteiger partial charge in [0.25, 0.3) is 11.6 Å². The van der Waals surface area contributed by atoms with Crippen molar-refractivity contribution in [1.29, 1.82) is 0 Å². The molecule has 0 aromatic heterocycles. The number of nitro groups is 1. The molecule has 3 aromatic rings. The number of hydrogen-bond acceptors (Lipinski definition) is 6. The molecule has 0 unspecified atom stereocenters. The average molecular weight is 407 g/mol. The van der Waals surface area contributed by atoms with Gasteiger partial charge in [0.1, 0.15) is 11.9 Å². The number of carbonyl (C=O) groups is 1. The van der Waals surface area contributed by atoms with E-state index >= 15 is 0 Å². The number of amides is 1. The van der Waals surface area contributed by atoms with Crippen molar-refractivity contribution >= 4 is 23.5 Å². The number of nitrogens with zero attached hydrogens (tertiary/aromatic N) is 2. The summed E-state index contributed by atoms with van der Waals surface area (Å²) in [6.45, 7) is 0. The molecule has 3 aromatic carbocycles. The van der Waals surface area contributed by atoms with E-state index in [0.717, 1.165) is 18.2 Å². The largest absolute Gasteiger partial charge is 0.871 e. The molecule has 2 N–H and O–H groups in total. The second-order valence-electron chi connectivity index (χ2n) is 6.21. The van der Waals surface area contributed by atoms with E-state index in [-0.39, 0.29) is 11.4 Å². The number of rotatable bonds is 7. The highest BCUT2D eigenvalue weighted by Gasteiger charge is 2.21. The predicted molar refractivity (Wildman–Crippen MR) is 107 cm³/mol. The van der Waals surface area contributed by atoms with Gasteiger partial charge < -0.3 is 10.4 Å². The predicted octanol–water partition coefficient (Wildman–Crippen LogP) is 3.11. The molecular formula is C21H16FN4O4-. The van der Waals surface area contributed by atoms with Crippen molar-refractivity contribution in [3.8, 4) is 5.75 Å². The van der Waals surface area contributed by atoms with E-state index in [1.165, 1.54) is 30.5 Å². The second kappa shape index (κ2) is 9.28. The van der Waals surface area contributed by atoms with Crippen molar-refractivity contribution in [3.05, 3.63) is 99.9 Å². The molecule has 0 spiro atoms. The Morgan fingerprint density at radius 1 is 1.07 bits per heavy atom. The molecule has 0 bridgehead atoms. The van der Waals surface area contributed by atoms with E-state index in [9.17, 15) is 24.4 Å². The zero-order valence-corrected chi connectivity index (χ0v) is 15.5. The standard InChI is InChI=1S/C21H17FN4O4/c22-16-8-6-14(7-9-16)13-23-25-21(28)20(15-4-2-1-3-5-15)24-18-12-17(26(29)30)10-11-19(18)27/h1-13,20,24,27H,(H,25,28)/p-1/t20-/m1/s1. The molecule has 0 radical (unpaired) electrons. The summed E-state index contributed by atoms with van der Waals surface area (Å²) in [6, 6.07) is 16.2. The van der Waals surface area contributed by atoms with Gasteiger partial charge in [-0.15, -0.1) is 0 Å². The number of hydrogen-bond donors (Lipinski definition) is 2. The number of carbonyl (C=O) groups excluding carboxylic acids is 1. The number of anilines is 1. The molecule has 9 heteroatoms. The van der Waals surface area contributed by atoms with Crippen LogP contribution in [0.3, 0.4) is 0 Å². The zero-order valence-electron chi connectivity index (χ0n) is 15.5. The first-order chi connectivity index (χ1) is 14.4. The molecule has 0 fully saturated rings. The zero-order chi connectivity index (χ0) is 21.5. The minimum absolute atomic E-state index is 0.0873. The summed E-state index contributed by atoms with van der Waals surface area (Å²) in [6.07, 6.45) is 1.34. The Morgan fingerprint density at radius 2 is 1.77 bits per heavy atom. The topological polar surface area (TPSA) is 120 Å². The van der Waals surface area contributed by atoms with Gasteiger partial charge in [-0.3, -0.25) is 14.9 Å². The lowest BCUT2D eigenvalue weighted by Gasteiger charge is -2.22. The van der Waals surface area contributed by atoms with Gasteiger partial charge in [0.2, 0.25) is 0 Å². The summed E-state index contributed by atoms with van der Waals surface area (Å²) in [5.74, 6) is -1.48. The summed E-state index contributed by atoms with van der Waals surface area (Å²) < 4.78 is 13.0. The Labute approximate surface area is 170 Å². The Hall–Kier alpha value is -4.27. The lowest BCUT2D eigenvalue weighted by Crippen LogP contribution is -2.30. The Bertz CT molecular complexity index is 1070. The molecule has 0 aliphatic rings. The monoisotopic (exact) mass is 407 g/mol. The van der Waals surface area contributed by atoms with Gasteiger partial charge in [-0.2, -0.15) is 5.10 Å². The maximum Gasteiger partial charge on any atom is 0.271 e. The highest BCUT2D eigenvalue weighted by Crippen LogP contribution is 2.29. The van der Waals surface area contributed by atoms with Crippen LogP contribution in [-0.4, -0.2) is 17.0 Å². The van der Waals surface area contributed by atoms with Crippen LogP contribution in [0.25, 0.3) is 0 Å². The lowest BCUT2D eigenvalue weighted by atomic mass is 10.1. The summed E-state index contributed by atoms with van der Waals surface area (Å²) in [7, 11) is 0. The molecular weight excluding hydrogens is 391 g/mol. The molecule has 1 amide bonds. The maximum absolute atomic E-state index is 13.0. The van der Waals surface area contributed by atoms with Crippen LogP contribution in [0.2, 0.25) is 0 Å². The number of non-ortho nitro benzene ring substituents is 1. The smallest absolute Gasteiger partial charge is 0.271 e. The summed E-state index contributed by atoms with van der Waals surface area (Å²) >= 11 is 0. The van der Waals surface area contributed by atoms with E-state index < -0.39 is 28.4 Å². The van der Waals surface area contributed by atoms with Crippen molar-refractivity contribution in [1.82, 2.24) is 5.43 Å². The van der Waals surface area contributed by atoms with Crippen molar-refractivity contribution in [2.75, 3.05) is 5.32 Å². The summed E-state index contributed by atoms with van der Waals surface area (Å²) in [5, 5.41) is 29.8. The molecule has 0 saturated carbocycles. The van der Waals surface area contributed by atoms with E-state index in [0.29, 0.717) is 11.1 Å². The molecule has 0 aliphatic carbocycles. The highest BCUT2D eigenvalue weighted by molar-refractivity contribution is 5.88. The van der Waals surface area contributed by atoms with Gasteiger partial charge in [-0.1, -0.05) is 54.3 Å². The first kappa shape index (κ1) is 20.5. The van der Waals surface area contributed by atoms with E-state index in [4.69, 9.17) is 0 Å². The fourth-order valence-electron chi connectivity index (χ4n) is 2.63. The van der Waals surface area contributed by atoms with E-state index in [1.807, 2.05) is 0 Å². The Morgan fingerprint density at radius 3 is 2.43 bits per heavy atom. The van der Waals surface area contributed by atoms with Gasteiger partial charge in [0.15, 0.2) is 0 Å². The van der Waals surface area contributed by atoms with Gasteiger partial charge in [-0.25, -0.2) is 9.82 Å². The SMILES string of the molecule is O=C(NN=Cc1ccc(F)cc1)[C@H](Nc1cc([N+](=O)[O-])ccc1[O-])c1ccccc1. The fourth-order valence-corrected chi connectivity index (χ4v) is 2.63. The van der Waals surface area contributed by atoms with Crippen molar-refractivity contribution in [3.63, 3.8) is 0 Å². The van der Waals surface area contributed by atoms with Crippen LogP contribution in [0.1, 0.15) is 17.2 Å². The molecule has 0 aliphatic heterocycles. The molecule has 8 nitrogen and oxygen atoms in total. The van der Waals surface area contributed by atoms with Crippen LogP contribution in [0.5, 0.6) is 5.75 Å². The first-order valence-corrected chi connectivity index (χ1v) is 8.79. The molecule has 30 heavy (non-hydrogen) atoms. The summed E-state index contributed by atoms with van der Waals surface area (Å²) in [4.78, 5) is 23.1. The van der Waals surface area contributed by atoms with E-state index in [2.05, 4.69) is 15.8 Å². The third kappa shape index (κ3) is 5.16. The molecule has 0 saturated heterocycles. The van der Waals surface area contributed by atoms with Crippen molar-refractivity contribution < 1.29 is 19.2 Å². The van der Waals surface area contributed by atoms with Crippen LogP contribution in [0.15, 0.2) is 77.9 Å². The maximum atomic E-state index is 13.0. The molecule has 152 valence electrons.